The second-order valence-corrected chi connectivity index (χ2v) is 4.50. The summed E-state index contributed by atoms with van der Waals surface area (Å²) in [5, 5.41) is 0. The Kier molecular flexibility index (Phi) is 4.75. The largest absolute Gasteiger partial charge is 0.462 e. The van der Waals surface area contributed by atoms with E-state index in [0.717, 1.165) is 6.42 Å². The van der Waals surface area contributed by atoms with Gasteiger partial charge in [0, 0.05) is 6.20 Å². The van der Waals surface area contributed by atoms with Gasteiger partial charge in [-0.25, -0.2) is 9.78 Å². The third-order valence-corrected chi connectivity index (χ3v) is 2.32. The first-order valence-corrected chi connectivity index (χ1v) is 5.67. The number of esters is 1. The Morgan fingerprint density at radius 1 is 1.60 bits per heavy atom. The first kappa shape index (κ1) is 12.2. The summed E-state index contributed by atoms with van der Waals surface area (Å²) in [5.41, 5.74) is 0.528. The van der Waals surface area contributed by atoms with E-state index in [9.17, 15) is 4.79 Å². The van der Waals surface area contributed by atoms with Gasteiger partial charge in [0.15, 0.2) is 0 Å². The number of nitrogens with zero attached hydrogens (tertiary/aromatic N) is 1. The molecule has 0 saturated carbocycles. The van der Waals surface area contributed by atoms with Crippen molar-refractivity contribution in [3.63, 3.8) is 0 Å². The van der Waals surface area contributed by atoms with Crippen LogP contribution in [0.25, 0.3) is 0 Å². The van der Waals surface area contributed by atoms with E-state index in [1.165, 1.54) is 0 Å². The predicted molar refractivity (Wildman–Crippen MR) is 61.7 cm³/mol. The molecule has 0 aliphatic carbocycles. The lowest BCUT2D eigenvalue weighted by Crippen LogP contribution is -2.08. The zero-order valence-corrected chi connectivity index (χ0v) is 10.5. The molecule has 0 atom stereocenters. The molecule has 4 heteroatoms. The molecule has 0 amide bonds. The van der Waals surface area contributed by atoms with E-state index in [1.807, 2.05) is 0 Å². The summed E-state index contributed by atoms with van der Waals surface area (Å²) in [5.74, 6) is 0.251. The van der Waals surface area contributed by atoms with Gasteiger partial charge in [-0.15, -0.1) is 0 Å². The van der Waals surface area contributed by atoms with Crippen LogP contribution in [-0.2, 0) is 4.74 Å². The smallest absolute Gasteiger partial charge is 0.338 e. The number of carbonyl (C=O) groups is 1. The van der Waals surface area contributed by atoms with E-state index in [4.69, 9.17) is 4.74 Å². The van der Waals surface area contributed by atoms with Crippen LogP contribution in [-0.4, -0.2) is 17.6 Å². The van der Waals surface area contributed by atoms with E-state index >= 15 is 0 Å². The van der Waals surface area contributed by atoms with Crippen LogP contribution in [0.1, 0.15) is 30.6 Å². The van der Waals surface area contributed by atoms with Gasteiger partial charge in [0.1, 0.15) is 4.60 Å². The van der Waals surface area contributed by atoms with Crippen LogP contribution in [0.2, 0.25) is 0 Å². The van der Waals surface area contributed by atoms with E-state index in [2.05, 4.69) is 34.8 Å². The molecular formula is C11H14BrNO2. The van der Waals surface area contributed by atoms with Crippen LogP contribution < -0.4 is 0 Å². The van der Waals surface area contributed by atoms with Gasteiger partial charge >= 0.3 is 5.97 Å². The molecule has 0 radical (unpaired) electrons. The van der Waals surface area contributed by atoms with Gasteiger partial charge in [0.25, 0.3) is 0 Å². The van der Waals surface area contributed by atoms with Crippen LogP contribution in [0.15, 0.2) is 22.9 Å². The molecule has 3 nitrogen and oxygen atoms in total. The Hall–Kier alpha value is -0.900. The zero-order chi connectivity index (χ0) is 11.3. The molecule has 0 spiro atoms. The molecule has 15 heavy (non-hydrogen) atoms. The summed E-state index contributed by atoms with van der Waals surface area (Å²) in [6, 6.07) is 3.29. The molecule has 0 bridgehead atoms. The summed E-state index contributed by atoms with van der Waals surface area (Å²) >= 11 is 3.20. The first-order chi connectivity index (χ1) is 7.09. The molecule has 1 heterocycles. The second kappa shape index (κ2) is 5.85. The number of halogens is 1. The van der Waals surface area contributed by atoms with E-state index in [1.54, 1.807) is 18.3 Å². The minimum Gasteiger partial charge on any atom is -0.462 e. The molecule has 0 N–H and O–H groups in total. The highest BCUT2D eigenvalue weighted by atomic mass is 79.9. The molecule has 1 rings (SSSR count). The zero-order valence-electron chi connectivity index (χ0n) is 8.87. The number of aromatic nitrogens is 1. The fraction of sp³-hybridized carbons (Fsp3) is 0.455. The van der Waals surface area contributed by atoms with Crippen molar-refractivity contribution in [2.24, 2.45) is 5.92 Å². The molecule has 0 aromatic carbocycles. The molecule has 0 unspecified atom stereocenters. The van der Waals surface area contributed by atoms with Crippen LogP contribution in [0.5, 0.6) is 0 Å². The molecule has 0 aliphatic heterocycles. The molecule has 82 valence electrons. The average molecular weight is 272 g/mol. The molecule has 1 aromatic heterocycles. The third kappa shape index (κ3) is 4.42. The second-order valence-electron chi connectivity index (χ2n) is 3.69. The van der Waals surface area contributed by atoms with Crippen LogP contribution in [0.3, 0.4) is 0 Å². The molecule has 0 aliphatic rings. The summed E-state index contributed by atoms with van der Waals surface area (Å²) in [6.07, 6.45) is 2.46. The summed E-state index contributed by atoms with van der Waals surface area (Å²) < 4.78 is 5.75. The summed E-state index contributed by atoms with van der Waals surface area (Å²) in [6.45, 7) is 4.66. The van der Waals surface area contributed by atoms with E-state index in [-0.39, 0.29) is 5.97 Å². The lowest BCUT2D eigenvalue weighted by molar-refractivity contribution is 0.0488. The Labute approximate surface area is 98.0 Å². The Bertz CT molecular complexity index is 339. The lowest BCUT2D eigenvalue weighted by Gasteiger charge is -2.06. The Morgan fingerprint density at radius 2 is 2.33 bits per heavy atom. The third-order valence-electron chi connectivity index (χ3n) is 1.89. The summed E-state index contributed by atoms with van der Waals surface area (Å²) in [7, 11) is 0. The topological polar surface area (TPSA) is 39.2 Å². The number of rotatable bonds is 4. The van der Waals surface area contributed by atoms with Gasteiger partial charge in [-0.3, -0.25) is 0 Å². The van der Waals surface area contributed by atoms with Crippen molar-refractivity contribution >= 4 is 21.9 Å². The fourth-order valence-electron chi connectivity index (χ4n) is 1.00. The highest BCUT2D eigenvalue weighted by Crippen LogP contribution is 2.09. The van der Waals surface area contributed by atoms with Crippen molar-refractivity contribution in [2.45, 2.75) is 20.3 Å². The van der Waals surface area contributed by atoms with Gasteiger partial charge in [0.05, 0.1) is 12.2 Å². The minimum atomic E-state index is -0.293. The number of carbonyl (C=O) groups excluding carboxylic acids is 1. The molecule has 0 fully saturated rings. The summed E-state index contributed by atoms with van der Waals surface area (Å²) in [4.78, 5) is 15.4. The van der Waals surface area contributed by atoms with E-state index < -0.39 is 0 Å². The molecule has 0 saturated heterocycles. The highest BCUT2D eigenvalue weighted by molar-refractivity contribution is 9.10. The van der Waals surface area contributed by atoms with Gasteiger partial charge in [0.2, 0.25) is 0 Å². The van der Waals surface area contributed by atoms with Gasteiger partial charge in [-0.1, -0.05) is 13.8 Å². The number of hydrogen-bond acceptors (Lipinski definition) is 3. The molecule has 1 aromatic rings. The number of ether oxygens (including phenoxy) is 1. The normalized spacial score (nSPS) is 10.4. The Morgan fingerprint density at radius 3 is 2.93 bits per heavy atom. The minimum absolute atomic E-state index is 0.293. The Balaban J connectivity index is 2.47. The van der Waals surface area contributed by atoms with Crippen LogP contribution >= 0.6 is 15.9 Å². The lowest BCUT2D eigenvalue weighted by atomic mass is 10.1. The van der Waals surface area contributed by atoms with Crippen LogP contribution in [0.4, 0.5) is 0 Å². The van der Waals surface area contributed by atoms with Crippen molar-refractivity contribution in [3.8, 4) is 0 Å². The maximum absolute atomic E-state index is 11.5. The number of hydrogen-bond donors (Lipinski definition) is 0. The number of pyridine rings is 1. The van der Waals surface area contributed by atoms with Crippen molar-refractivity contribution < 1.29 is 9.53 Å². The highest BCUT2D eigenvalue weighted by Gasteiger charge is 2.07. The van der Waals surface area contributed by atoms with Crippen molar-refractivity contribution in [3.05, 3.63) is 28.5 Å². The van der Waals surface area contributed by atoms with Gasteiger partial charge in [-0.05, 0) is 40.4 Å². The molecular weight excluding hydrogens is 258 g/mol. The van der Waals surface area contributed by atoms with Crippen molar-refractivity contribution in [2.75, 3.05) is 6.61 Å². The standard InChI is InChI=1S/C11H14BrNO2/c1-8(2)4-6-15-11(14)9-3-5-13-10(12)7-9/h3,5,7-8H,4,6H2,1-2H3. The van der Waals surface area contributed by atoms with Crippen molar-refractivity contribution in [1.82, 2.24) is 4.98 Å². The van der Waals surface area contributed by atoms with E-state index in [0.29, 0.717) is 22.7 Å². The SMILES string of the molecule is CC(C)CCOC(=O)c1ccnc(Br)c1. The maximum Gasteiger partial charge on any atom is 0.338 e. The first-order valence-electron chi connectivity index (χ1n) is 4.88. The predicted octanol–water partition coefficient (Wildman–Crippen LogP) is 3.05. The fourth-order valence-corrected chi connectivity index (χ4v) is 1.36. The van der Waals surface area contributed by atoms with Gasteiger partial charge < -0.3 is 4.74 Å². The average Bonchev–Trinajstić information content (AvgIpc) is 2.17. The quantitative estimate of drug-likeness (QED) is 0.624. The van der Waals surface area contributed by atoms with Crippen LogP contribution in [0, 0.1) is 5.92 Å². The monoisotopic (exact) mass is 271 g/mol. The van der Waals surface area contributed by atoms with Crippen molar-refractivity contribution in [1.29, 1.82) is 0 Å². The maximum atomic E-state index is 11.5. The van der Waals surface area contributed by atoms with Gasteiger partial charge in [-0.2, -0.15) is 0 Å².